The Balaban J connectivity index is 2.54. The molecule has 1 atom stereocenters. The average Bonchev–Trinajstić information content (AvgIpc) is 2.27. The fourth-order valence-electron chi connectivity index (χ4n) is 1.51. The van der Waals surface area contributed by atoms with Crippen molar-refractivity contribution in [1.82, 2.24) is 0 Å². The maximum Gasteiger partial charge on any atom is 0.0796 e. The Bertz CT molecular complexity index is 268. The average molecular weight is 207 g/mol. The standard InChI is InChI=1S/C13H21NO/c1-3-10-15-11(2)13-6-4-12(5-7-13)8-9-14/h4-7,11H,3,8-10,14H2,1-2H3/t11-/m0/s1. The van der Waals surface area contributed by atoms with Crippen molar-refractivity contribution < 1.29 is 4.74 Å². The minimum Gasteiger partial charge on any atom is -0.374 e. The van der Waals surface area contributed by atoms with E-state index in [0.717, 1.165) is 19.4 Å². The third-order valence-corrected chi connectivity index (χ3v) is 2.45. The molecule has 84 valence electrons. The molecule has 2 N–H and O–H groups in total. The van der Waals surface area contributed by atoms with E-state index in [4.69, 9.17) is 10.5 Å². The SMILES string of the molecule is CCCO[C@@H](C)c1ccc(CCN)cc1. The molecule has 0 fully saturated rings. The quantitative estimate of drug-likeness (QED) is 0.778. The van der Waals surface area contributed by atoms with E-state index < -0.39 is 0 Å². The van der Waals surface area contributed by atoms with Crippen LogP contribution in [0.4, 0.5) is 0 Å². The largest absolute Gasteiger partial charge is 0.374 e. The molecule has 1 aromatic rings. The predicted molar refractivity (Wildman–Crippen MR) is 63.9 cm³/mol. The highest BCUT2D eigenvalue weighted by Crippen LogP contribution is 2.17. The molecule has 0 unspecified atom stereocenters. The molecule has 0 saturated heterocycles. The van der Waals surface area contributed by atoms with Crippen molar-refractivity contribution in [2.75, 3.05) is 13.2 Å². The highest BCUT2D eigenvalue weighted by Gasteiger charge is 2.04. The summed E-state index contributed by atoms with van der Waals surface area (Å²) in [6.07, 6.45) is 2.21. The summed E-state index contributed by atoms with van der Waals surface area (Å²) in [5, 5.41) is 0. The number of hydrogen-bond acceptors (Lipinski definition) is 2. The molecule has 1 aromatic carbocycles. The van der Waals surface area contributed by atoms with Crippen LogP contribution in [0.25, 0.3) is 0 Å². The Morgan fingerprint density at radius 3 is 2.47 bits per heavy atom. The maximum atomic E-state index is 5.65. The topological polar surface area (TPSA) is 35.2 Å². The van der Waals surface area contributed by atoms with Gasteiger partial charge in [-0.3, -0.25) is 0 Å². The number of rotatable bonds is 6. The van der Waals surface area contributed by atoms with E-state index in [1.807, 2.05) is 0 Å². The van der Waals surface area contributed by atoms with E-state index in [2.05, 4.69) is 38.1 Å². The van der Waals surface area contributed by atoms with Gasteiger partial charge in [0.1, 0.15) is 0 Å². The highest BCUT2D eigenvalue weighted by molar-refractivity contribution is 5.24. The number of hydrogen-bond donors (Lipinski definition) is 1. The second-order valence-corrected chi connectivity index (χ2v) is 3.79. The lowest BCUT2D eigenvalue weighted by Gasteiger charge is -2.13. The van der Waals surface area contributed by atoms with Gasteiger partial charge < -0.3 is 10.5 Å². The molecule has 0 aromatic heterocycles. The highest BCUT2D eigenvalue weighted by atomic mass is 16.5. The minimum atomic E-state index is 0.192. The van der Waals surface area contributed by atoms with Crippen molar-refractivity contribution in [2.45, 2.75) is 32.8 Å². The summed E-state index contributed by atoms with van der Waals surface area (Å²) < 4.78 is 5.65. The fraction of sp³-hybridized carbons (Fsp3) is 0.538. The van der Waals surface area contributed by atoms with Crippen LogP contribution in [0, 0.1) is 0 Å². The molecule has 0 amide bonds. The molecule has 0 aliphatic carbocycles. The molecule has 0 heterocycles. The van der Waals surface area contributed by atoms with E-state index in [9.17, 15) is 0 Å². The molecule has 0 radical (unpaired) electrons. The number of benzene rings is 1. The van der Waals surface area contributed by atoms with Crippen LogP contribution in [0.5, 0.6) is 0 Å². The van der Waals surface area contributed by atoms with Gasteiger partial charge in [-0.2, -0.15) is 0 Å². The summed E-state index contributed by atoms with van der Waals surface area (Å²) in [6.45, 7) is 5.75. The van der Waals surface area contributed by atoms with Gasteiger partial charge in [0.25, 0.3) is 0 Å². The van der Waals surface area contributed by atoms with E-state index >= 15 is 0 Å². The third kappa shape index (κ3) is 4.02. The van der Waals surface area contributed by atoms with Gasteiger partial charge in [0.2, 0.25) is 0 Å². The van der Waals surface area contributed by atoms with Crippen LogP contribution in [-0.4, -0.2) is 13.2 Å². The van der Waals surface area contributed by atoms with Crippen LogP contribution in [-0.2, 0) is 11.2 Å². The summed E-state index contributed by atoms with van der Waals surface area (Å²) in [6, 6.07) is 8.53. The lowest BCUT2D eigenvalue weighted by atomic mass is 10.1. The van der Waals surface area contributed by atoms with Gasteiger partial charge in [-0.05, 0) is 37.4 Å². The molecule has 0 aliphatic heterocycles. The fourth-order valence-corrected chi connectivity index (χ4v) is 1.51. The van der Waals surface area contributed by atoms with Gasteiger partial charge in [-0.25, -0.2) is 0 Å². The first-order valence-electron chi connectivity index (χ1n) is 5.68. The van der Waals surface area contributed by atoms with E-state index in [0.29, 0.717) is 6.54 Å². The second kappa shape index (κ2) is 6.59. The monoisotopic (exact) mass is 207 g/mol. The lowest BCUT2D eigenvalue weighted by Crippen LogP contribution is -2.04. The van der Waals surface area contributed by atoms with Crippen LogP contribution < -0.4 is 5.73 Å². The van der Waals surface area contributed by atoms with Gasteiger partial charge in [0, 0.05) is 6.61 Å². The van der Waals surface area contributed by atoms with Crippen LogP contribution in [0.15, 0.2) is 24.3 Å². The zero-order valence-electron chi connectivity index (χ0n) is 9.70. The lowest BCUT2D eigenvalue weighted by molar-refractivity contribution is 0.0662. The minimum absolute atomic E-state index is 0.192. The molecule has 1 rings (SSSR count). The van der Waals surface area contributed by atoms with Crippen molar-refractivity contribution in [3.63, 3.8) is 0 Å². The molecule has 0 spiro atoms. The summed E-state index contributed by atoms with van der Waals surface area (Å²) in [5.74, 6) is 0. The zero-order chi connectivity index (χ0) is 11.1. The van der Waals surface area contributed by atoms with E-state index in [-0.39, 0.29) is 6.10 Å². The Morgan fingerprint density at radius 2 is 1.93 bits per heavy atom. The Hall–Kier alpha value is -0.860. The molecule has 2 nitrogen and oxygen atoms in total. The van der Waals surface area contributed by atoms with Gasteiger partial charge in [0.05, 0.1) is 6.10 Å². The molecule has 2 heteroatoms. The molecular formula is C13H21NO. The zero-order valence-corrected chi connectivity index (χ0v) is 9.70. The summed E-state index contributed by atoms with van der Waals surface area (Å²) in [7, 11) is 0. The first kappa shape index (κ1) is 12.2. The van der Waals surface area contributed by atoms with Crippen molar-refractivity contribution >= 4 is 0 Å². The number of ether oxygens (including phenoxy) is 1. The van der Waals surface area contributed by atoms with Crippen LogP contribution in [0.1, 0.15) is 37.5 Å². The van der Waals surface area contributed by atoms with Gasteiger partial charge in [-0.1, -0.05) is 31.2 Å². The molecular weight excluding hydrogens is 186 g/mol. The molecule has 0 bridgehead atoms. The van der Waals surface area contributed by atoms with Gasteiger partial charge in [0.15, 0.2) is 0 Å². The Labute approximate surface area is 92.4 Å². The summed E-state index contributed by atoms with van der Waals surface area (Å²) >= 11 is 0. The van der Waals surface area contributed by atoms with E-state index in [1.165, 1.54) is 11.1 Å². The second-order valence-electron chi connectivity index (χ2n) is 3.79. The molecule has 0 saturated carbocycles. The predicted octanol–water partition coefficient (Wildman–Crippen LogP) is 2.68. The van der Waals surface area contributed by atoms with E-state index in [1.54, 1.807) is 0 Å². The smallest absolute Gasteiger partial charge is 0.0796 e. The van der Waals surface area contributed by atoms with Gasteiger partial charge in [-0.15, -0.1) is 0 Å². The van der Waals surface area contributed by atoms with Crippen molar-refractivity contribution in [2.24, 2.45) is 5.73 Å². The molecule has 0 aliphatic rings. The van der Waals surface area contributed by atoms with Crippen molar-refractivity contribution in [1.29, 1.82) is 0 Å². The summed E-state index contributed by atoms with van der Waals surface area (Å²) in [5.41, 5.74) is 8.03. The summed E-state index contributed by atoms with van der Waals surface area (Å²) in [4.78, 5) is 0. The van der Waals surface area contributed by atoms with Crippen LogP contribution >= 0.6 is 0 Å². The van der Waals surface area contributed by atoms with Crippen LogP contribution in [0.3, 0.4) is 0 Å². The van der Waals surface area contributed by atoms with Gasteiger partial charge >= 0.3 is 0 Å². The van der Waals surface area contributed by atoms with Crippen molar-refractivity contribution in [3.05, 3.63) is 35.4 Å². The molecule has 15 heavy (non-hydrogen) atoms. The maximum absolute atomic E-state index is 5.65. The first-order valence-corrected chi connectivity index (χ1v) is 5.68. The van der Waals surface area contributed by atoms with Crippen molar-refractivity contribution in [3.8, 4) is 0 Å². The first-order chi connectivity index (χ1) is 7.27. The Morgan fingerprint density at radius 1 is 1.27 bits per heavy atom. The van der Waals surface area contributed by atoms with Crippen LogP contribution in [0.2, 0.25) is 0 Å². The normalized spacial score (nSPS) is 12.7. The Kier molecular flexibility index (Phi) is 5.37. The number of nitrogens with two attached hydrogens (primary N) is 1. The third-order valence-electron chi connectivity index (χ3n) is 2.45.